The Kier molecular flexibility index (Phi) is 5.84. The molecule has 4 amide bonds. The second kappa shape index (κ2) is 8.74. The summed E-state index contributed by atoms with van der Waals surface area (Å²) in [6.07, 6.45) is 1.52. The lowest BCUT2D eigenvalue weighted by molar-refractivity contribution is -0.134. The maximum absolute atomic E-state index is 12.5. The Balaban J connectivity index is 1.71. The van der Waals surface area contributed by atoms with Crippen LogP contribution in [-0.2, 0) is 9.59 Å². The fourth-order valence-electron chi connectivity index (χ4n) is 3.70. The molecular weight excluding hydrogens is 414 g/mol. The minimum atomic E-state index is -0.635. The molecule has 1 heterocycles. The van der Waals surface area contributed by atoms with Gasteiger partial charge < -0.3 is 4.90 Å². The van der Waals surface area contributed by atoms with E-state index in [9.17, 15) is 14.4 Å². The van der Waals surface area contributed by atoms with Gasteiger partial charge in [0.15, 0.2) is 0 Å². The molecule has 0 spiro atoms. The monoisotopic (exact) mass is 439 g/mol. The van der Waals surface area contributed by atoms with Crippen molar-refractivity contribution in [1.29, 1.82) is 0 Å². The number of nitrogens with zero attached hydrogens (tertiary/aromatic N) is 3. The Hall–Kier alpha value is -4.19. The van der Waals surface area contributed by atoms with Gasteiger partial charge in [-0.25, -0.2) is 4.79 Å². The van der Waals surface area contributed by atoms with E-state index < -0.39 is 17.8 Å². The molecule has 0 atom stereocenters. The standard InChI is InChI=1S/C27H25N3O3/c1-18-5-11-21(12-6-18)30(22-13-7-19(2)8-14-22)23-15-9-20(10-16-23)17-24-25(31)28(3)27(33)29(4)26(24)32/h5-17H,1-4H3. The fourth-order valence-corrected chi connectivity index (χ4v) is 3.70. The number of benzene rings is 3. The Morgan fingerprint density at radius 3 is 1.36 bits per heavy atom. The summed E-state index contributed by atoms with van der Waals surface area (Å²) in [7, 11) is 2.73. The molecule has 4 rings (SSSR count). The highest BCUT2D eigenvalue weighted by molar-refractivity contribution is 6.30. The van der Waals surface area contributed by atoms with Crippen molar-refractivity contribution in [3.05, 3.63) is 95.1 Å². The molecule has 3 aromatic rings. The molecular formula is C27H25N3O3. The fraction of sp³-hybridized carbons (Fsp3) is 0.148. The summed E-state index contributed by atoms with van der Waals surface area (Å²) in [4.78, 5) is 40.9. The van der Waals surface area contributed by atoms with Crippen LogP contribution in [-0.4, -0.2) is 41.7 Å². The number of hydrogen-bond acceptors (Lipinski definition) is 4. The summed E-state index contributed by atoms with van der Waals surface area (Å²) in [6, 6.07) is 23.6. The first-order valence-electron chi connectivity index (χ1n) is 10.6. The first-order chi connectivity index (χ1) is 15.8. The molecule has 33 heavy (non-hydrogen) atoms. The minimum absolute atomic E-state index is 0.0405. The van der Waals surface area contributed by atoms with Crippen LogP contribution in [0.25, 0.3) is 6.08 Å². The molecule has 0 N–H and O–H groups in total. The Morgan fingerprint density at radius 1 is 0.606 bits per heavy atom. The molecule has 166 valence electrons. The largest absolute Gasteiger partial charge is 0.333 e. The number of likely N-dealkylation sites (N-methyl/N-ethyl adjacent to an activating group) is 2. The van der Waals surface area contributed by atoms with Crippen molar-refractivity contribution in [2.75, 3.05) is 19.0 Å². The van der Waals surface area contributed by atoms with Gasteiger partial charge in [0.2, 0.25) is 0 Å². The number of carbonyl (C=O) groups is 3. The number of barbiturate groups is 1. The van der Waals surface area contributed by atoms with Crippen LogP contribution in [0.15, 0.2) is 78.4 Å². The molecule has 0 aliphatic carbocycles. The normalized spacial score (nSPS) is 14.1. The maximum atomic E-state index is 12.5. The molecule has 0 bridgehead atoms. The van der Waals surface area contributed by atoms with Crippen LogP contribution in [0.3, 0.4) is 0 Å². The SMILES string of the molecule is Cc1ccc(N(c2ccc(C)cc2)c2ccc(C=C3C(=O)N(C)C(=O)N(C)C3=O)cc2)cc1. The van der Waals surface area contributed by atoms with Crippen molar-refractivity contribution in [3.63, 3.8) is 0 Å². The van der Waals surface area contributed by atoms with Crippen molar-refractivity contribution in [1.82, 2.24) is 9.80 Å². The lowest BCUT2D eigenvalue weighted by Crippen LogP contribution is -2.52. The van der Waals surface area contributed by atoms with Crippen LogP contribution in [0, 0.1) is 13.8 Å². The number of amides is 4. The highest BCUT2D eigenvalue weighted by Gasteiger charge is 2.37. The number of carbonyl (C=O) groups excluding carboxylic acids is 3. The summed E-state index contributed by atoms with van der Waals surface area (Å²) in [5.74, 6) is -1.21. The van der Waals surface area contributed by atoms with Crippen LogP contribution < -0.4 is 4.90 Å². The second-order valence-corrected chi connectivity index (χ2v) is 8.17. The number of urea groups is 1. The van der Waals surface area contributed by atoms with E-state index in [4.69, 9.17) is 0 Å². The second-order valence-electron chi connectivity index (χ2n) is 8.17. The Labute approximate surface area is 193 Å². The van der Waals surface area contributed by atoms with E-state index in [-0.39, 0.29) is 5.57 Å². The van der Waals surface area contributed by atoms with E-state index in [1.54, 1.807) is 0 Å². The summed E-state index contributed by atoms with van der Waals surface area (Å²) in [6.45, 7) is 4.11. The Morgan fingerprint density at radius 2 is 0.970 bits per heavy atom. The molecule has 6 nitrogen and oxygen atoms in total. The zero-order valence-electron chi connectivity index (χ0n) is 19.1. The number of anilines is 3. The molecule has 0 aromatic heterocycles. The number of rotatable bonds is 4. The van der Waals surface area contributed by atoms with Crippen molar-refractivity contribution in [2.45, 2.75) is 13.8 Å². The predicted octanol–water partition coefficient (Wildman–Crippen LogP) is 5.21. The van der Waals surface area contributed by atoms with Crippen LogP contribution in [0.5, 0.6) is 0 Å². The number of imide groups is 2. The molecule has 3 aromatic carbocycles. The van der Waals surface area contributed by atoms with Crippen LogP contribution in [0.1, 0.15) is 16.7 Å². The lowest BCUT2D eigenvalue weighted by atomic mass is 10.1. The summed E-state index contributed by atoms with van der Waals surface area (Å²) >= 11 is 0. The zero-order valence-corrected chi connectivity index (χ0v) is 19.1. The molecule has 0 saturated carbocycles. The first-order valence-corrected chi connectivity index (χ1v) is 10.6. The third-order valence-electron chi connectivity index (χ3n) is 5.69. The topological polar surface area (TPSA) is 60.9 Å². The molecule has 1 fully saturated rings. The van der Waals surface area contributed by atoms with Crippen molar-refractivity contribution >= 4 is 41.0 Å². The first kappa shape index (κ1) is 22.0. The molecule has 1 aliphatic heterocycles. The van der Waals surface area contributed by atoms with E-state index in [2.05, 4.69) is 67.3 Å². The van der Waals surface area contributed by atoms with Gasteiger partial charge in [-0.2, -0.15) is 0 Å². The van der Waals surface area contributed by atoms with Gasteiger partial charge in [-0.3, -0.25) is 19.4 Å². The zero-order chi connectivity index (χ0) is 23.7. The van der Waals surface area contributed by atoms with E-state index in [0.29, 0.717) is 5.56 Å². The third kappa shape index (κ3) is 4.28. The minimum Gasteiger partial charge on any atom is -0.311 e. The van der Waals surface area contributed by atoms with Gasteiger partial charge in [0.1, 0.15) is 5.57 Å². The smallest absolute Gasteiger partial charge is 0.311 e. The van der Waals surface area contributed by atoms with Gasteiger partial charge >= 0.3 is 6.03 Å². The lowest BCUT2D eigenvalue weighted by Gasteiger charge is -2.29. The van der Waals surface area contributed by atoms with Gasteiger partial charge in [-0.05, 0) is 61.9 Å². The van der Waals surface area contributed by atoms with Crippen molar-refractivity contribution < 1.29 is 14.4 Å². The van der Waals surface area contributed by atoms with Gasteiger partial charge in [0.25, 0.3) is 11.8 Å². The highest BCUT2D eigenvalue weighted by atomic mass is 16.2. The summed E-state index contributed by atoms with van der Waals surface area (Å²) in [5.41, 5.74) is 6.00. The van der Waals surface area contributed by atoms with Gasteiger partial charge in [0, 0.05) is 31.2 Å². The Bertz CT molecular complexity index is 1170. The van der Waals surface area contributed by atoms with Crippen LogP contribution in [0.2, 0.25) is 0 Å². The van der Waals surface area contributed by atoms with E-state index in [0.717, 1.165) is 26.9 Å². The third-order valence-corrected chi connectivity index (χ3v) is 5.69. The van der Waals surface area contributed by atoms with Crippen LogP contribution in [0.4, 0.5) is 21.9 Å². The average molecular weight is 440 g/mol. The quantitative estimate of drug-likeness (QED) is 0.414. The van der Waals surface area contributed by atoms with Crippen LogP contribution >= 0.6 is 0 Å². The summed E-state index contributed by atoms with van der Waals surface area (Å²) in [5, 5.41) is 0. The van der Waals surface area contributed by atoms with Gasteiger partial charge in [-0.1, -0.05) is 47.5 Å². The van der Waals surface area contributed by atoms with Gasteiger partial charge in [-0.15, -0.1) is 0 Å². The molecule has 1 aliphatic rings. The van der Waals surface area contributed by atoms with E-state index >= 15 is 0 Å². The van der Waals surface area contributed by atoms with Crippen molar-refractivity contribution in [2.24, 2.45) is 0 Å². The van der Waals surface area contributed by atoms with E-state index in [1.165, 1.54) is 31.3 Å². The maximum Gasteiger partial charge on any atom is 0.333 e. The molecule has 0 radical (unpaired) electrons. The average Bonchev–Trinajstić information content (AvgIpc) is 2.83. The van der Waals surface area contributed by atoms with E-state index in [1.807, 2.05) is 24.3 Å². The molecule has 1 saturated heterocycles. The number of aryl methyl sites for hydroxylation is 2. The van der Waals surface area contributed by atoms with Gasteiger partial charge in [0.05, 0.1) is 0 Å². The predicted molar refractivity (Wildman–Crippen MR) is 130 cm³/mol. The highest BCUT2D eigenvalue weighted by Crippen LogP contribution is 2.35. The molecule has 0 unspecified atom stereocenters. The van der Waals surface area contributed by atoms with Crippen molar-refractivity contribution in [3.8, 4) is 0 Å². The molecule has 6 heteroatoms. The number of hydrogen-bond donors (Lipinski definition) is 0. The summed E-state index contributed by atoms with van der Waals surface area (Å²) < 4.78 is 0.